The van der Waals surface area contributed by atoms with Crippen molar-refractivity contribution in [2.24, 2.45) is 16.7 Å². The molecule has 1 heterocycles. The van der Waals surface area contributed by atoms with E-state index in [9.17, 15) is 4.79 Å². The largest absolute Gasteiger partial charge is 0.379 e. The number of hydrogen-bond donors (Lipinski definition) is 0. The van der Waals surface area contributed by atoms with E-state index in [0.717, 1.165) is 26.2 Å². The van der Waals surface area contributed by atoms with Crippen LogP contribution in [0.4, 0.5) is 0 Å². The van der Waals surface area contributed by atoms with Crippen LogP contribution in [0.3, 0.4) is 0 Å². The molecule has 1 aliphatic heterocycles. The van der Waals surface area contributed by atoms with Crippen LogP contribution in [-0.2, 0) is 9.53 Å². The number of carbonyl (C=O) groups is 1. The summed E-state index contributed by atoms with van der Waals surface area (Å²) in [6, 6.07) is 0.398. The van der Waals surface area contributed by atoms with Crippen LogP contribution in [0.1, 0.15) is 54.9 Å². The van der Waals surface area contributed by atoms with Gasteiger partial charge in [-0.05, 0) is 39.5 Å². The SMILES string of the molecule is CC(=O)C1CC12COCC(C(C)(C)C)N(C(C)(C)C)C2. The summed E-state index contributed by atoms with van der Waals surface area (Å²) in [6.07, 6.45) is 1.01. The summed E-state index contributed by atoms with van der Waals surface area (Å²) < 4.78 is 6.02. The fraction of sp³-hybridized carbons (Fsp3) is 0.941. The van der Waals surface area contributed by atoms with Crippen LogP contribution in [0.2, 0.25) is 0 Å². The summed E-state index contributed by atoms with van der Waals surface area (Å²) in [4.78, 5) is 14.3. The van der Waals surface area contributed by atoms with Crippen molar-refractivity contribution < 1.29 is 9.53 Å². The van der Waals surface area contributed by atoms with Crippen molar-refractivity contribution in [3.8, 4) is 0 Å². The van der Waals surface area contributed by atoms with Crippen LogP contribution in [0.25, 0.3) is 0 Å². The highest BCUT2D eigenvalue weighted by molar-refractivity contribution is 5.82. The first-order chi connectivity index (χ1) is 8.97. The lowest BCUT2D eigenvalue weighted by Crippen LogP contribution is -2.55. The summed E-state index contributed by atoms with van der Waals surface area (Å²) in [7, 11) is 0. The molecule has 2 rings (SSSR count). The average molecular weight is 281 g/mol. The standard InChI is InChI=1S/C17H31NO2/c1-12(19)13-8-17(13)10-18(16(5,6)7)14(9-20-11-17)15(2,3)4/h13-14H,8-11H2,1-7H3. The Balaban J connectivity index is 2.27. The maximum Gasteiger partial charge on any atom is 0.133 e. The second kappa shape index (κ2) is 4.81. The molecule has 0 aromatic carbocycles. The molecule has 1 saturated carbocycles. The average Bonchev–Trinajstić information content (AvgIpc) is 2.98. The van der Waals surface area contributed by atoms with Gasteiger partial charge in [-0.2, -0.15) is 0 Å². The van der Waals surface area contributed by atoms with Crippen LogP contribution < -0.4 is 0 Å². The zero-order chi connectivity index (χ0) is 15.3. The zero-order valence-corrected chi connectivity index (χ0v) is 14.2. The van der Waals surface area contributed by atoms with E-state index in [1.165, 1.54) is 0 Å². The fourth-order valence-corrected chi connectivity index (χ4v) is 3.64. The Morgan fingerprint density at radius 1 is 1.20 bits per heavy atom. The lowest BCUT2D eigenvalue weighted by Gasteiger charge is -2.47. The molecule has 0 aromatic rings. The molecule has 2 aliphatic rings. The van der Waals surface area contributed by atoms with Crippen molar-refractivity contribution in [2.45, 2.75) is 66.5 Å². The van der Waals surface area contributed by atoms with E-state index < -0.39 is 0 Å². The highest BCUT2D eigenvalue weighted by atomic mass is 16.5. The maximum absolute atomic E-state index is 11.8. The van der Waals surface area contributed by atoms with Crippen molar-refractivity contribution in [3.63, 3.8) is 0 Å². The van der Waals surface area contributed by atoms with E-state index in [1.807, 2.05) is 0 Å². The van der Waals surface area contributed by atoms with Crippen molar-refractivity contribution >= 4 is 5.78 Å². The minimum atomic E-state index is 0.0825. The minimum absolute atomic E-state index is 0.0825. The van der Waals surface area contributed by atoms with E-state index in [-0.39, 0.29) is 22.3 Å². The second-order valence-corrected chi connectivity index (χ2v) is 8.93. The van der Waals surface area contributed by atoms with Crippen LogP contribution in [0.5, 0.6) is 0 Å². The lowest BCUT2D eigenvalue weighted by molar-refractivity contribution is -0.119. The number of ketones is 1. The number of hydrogen-bond acceptors (Lipinski definition) is 3. The fourth-order valence-electron chi connectivity index (χ4n) is 3.64. The molecule has 3 atom stereocenters. The Labute approximate surface area is 124 Å². The molecule has 3 nitrogen and oxygen atoms in total. The van der Waals surface area contributed by atoms with Gasteiger partial charge in [0.1, 0.15) is 5.78 Å². The third kappa shape index (κ3) is 2.94. The van der Waals surface area contributed by atoms with E-state index >= 15 is 0 Å². The van der Waals surface area contributed by atoms with Gasteiger partial charge < -0.3 is 4.74 Å². The normalized spacial score (nSPS) is 36.0. The van der Waals surface area contributed by atoms with Crippen LogP contribution in [-0.4, -0.2) is 42.0 Å². The number of Topliss-reactive ketones (excluding diaryl/α,β-unsaturated/α-hetero) is 1. The molecule has 0 N–H and O–H groups in total. The molecule has 1 saturated heterocycles. The molecule has 116 valence electrons. The second-order valence-electron chi connectivity index (χ2n) is 8.93. The summed E-state index contributed by atoms with van der Waals surface area (Å²) in [5.74, 6) is 0.544. The van der Waals surface area contributed by atoms with Gasteiger partial charge in [0.05, 0.1) is 13.2 Å². The Kier molecular flexibility index (Phi) is 3.84. The van der Waals surface area contributed by atoms with Crippen molar-refractivity contribution in [3.05, 3.63) is 0 Å². The number of carbonyl (C=O) groups excluding carboxylic acids is 1. The van der Waals surface area contributed by atoms with E-state index in [0.29, 0.717) is 11.8 Å². The Morgan fingerprint density at radius 3 is 2.20 bits per heavy atom. The van der Waals surface area contributed by atoms with Crippen molar-refractivity contribution in [1.82, 2.24) is 4.90 Å². The first-order valence-electron chi connectivity index (χ1n) is 7.82. The number of rotatable bonds is 1. The summed E-state index contributed by atoms with van der Waals surface area (Å²) >= 11 is 0. The van der Waals surface area contributed by atoms with Gasteiger partial charge >= 0.3 is 0 Å². The summed E-state index contributed by atoms with van der Waals surface area (Å²) in [5, 5.41) is 0. The molecule has 0 amide bonds. The minimum Gasteiger partial charge on any atom is -0.379 e. The number of ether oxygens (including phenoxy) is 1. The third-order valence-electron chi connectivity index (χ3n) is 5.07. The van der Waals surface area contributed by atoms with Crippen LogP contribution in [0.15, 0.2) is 0 Å². The predicted molar refractivity (Wildman–Crippen MR) is 81.7 cm³/mol. The smallest absolute Gasteiger partial charge is 0.133 e. The van der Waals surface area contributed by atoms with Crippen molar-refractivity contribution in [2.75, 3.05) is 19.8 Å². The van der Waals surface area contributed by atoms with Gasteiger partial charge in [-0.3, -0.25) is 9.69 Å². The van der Waals surface area contributed by atoms with Gasteiger partial charge in [0.15, 0.2) is 0 Å². The highest BCUT2D eigenvalue weighted by Gasteiger charge is 2.60. The predicted octanol–water partition coefficient (Wildman–Crippen LogP) is 3.13. The first kappa shape index (κ1) is 16.0. The molecule has 20 heavy (non-hydrogen) atoms. The molecule has 1 spiro atoms. The molecule has 0 bridgehead atoms. The van der Waals surface area contributed by atoms with Gasteiger partial charge in [-0.1, -0.05) is 20.8 Å². The zero-order valence-electron chi connectivity index (χ0n) is 14.2. The summed E-state index contributed by atoms with van der Waals surface area (Å²) in [6.45, 7) is 17.9. The summed E-state index contributed by atoms with van der Waals surface area (Å²) in [5.41, 5.74) is 0.362. The number of nitrogens with zero attached hydrogens (tertiary/aromatic N) is 1. The van der Waals surface area contributed by atoms with Gasteiger partial charge in [0, 0.05) is 29.5 Å². The lowest BCUT2D eigenvalue weighted by atomic mass is 9.83. The quantitative estimate of drug-likeness (QED) is 0.739. The molecule has 1 aliphatic carbocycles. The van der Waals surface area contributed by atoms with Gasteiger partial charge in [-0.15, -0.1) is 0 Å². The molecular formula is C17H31NO2. The van der Waals surface area contributed by atoms with E-state index in [2.05, 4.69) is 46.4 Å². The van der Waals surface area contributed by atoms with Crippen LogP contribution >= 0.6 is 0 Å². The molecule has 3 unspecified atom stereocenters. The maximum atomic E-state index is 11.8. The molecule has 2 fully saturated rings. The Morgan fingerprint density at radius 2 is 1.80 bits per heavy atom. The Bertz CT molecular complexity index is 391. The van der Waals surface area contributed by atoms with E-state index in [4.69, 9.17) is 4.74 Å². The topological polar surface area (TPSA) is 29.5 Å². The third-order valence-corrected chi connectivity index (χ3v) is 5.07. The van der Waals surface area contributed by atoms with Crippen LogP contribution in [0, 0.1) is 16.7 Å². The Hall–Kier alpha value is -0.410. The van der Waals surface area contributed by atoms with Gasteiger partial charge in [0.25, 0.3) is 0 Å². The monoisotopic (exact) mass is 281 g/mol. The van der Waals surface area contributed by atoms with Gasteiger partial charge in [0.2, 0.25) is 0 Å². The van der Waals surface area contributed by atoms with Crippen molar-refractivity contribution in [1.29, 1.82) is 0 Å². The first-order valence-corrected chi connectivity index (χ1v) is 7.82. The highest BCUT2D eigenvalue weighted by Crippen LogP contribution is 2.56. The molecular weight excluding hydrogens is 250 g/mol. The van der Waals surface area contributed by atoms with E-state index in [1.54, 1.807) is 6.92 Å². The molecule has 3 heteroatoms. The van der Waals surface area contributed by atoms with Gasteiger partial charge in [-0.25, -0.2) is 0 Å². The molecule has 0 radical (unpaired) electrons. The molecule has 0 aromatic heterocycles.